The van der Waals surface area contributed by atoms with Crippen molar-refractivity contribution in [1.29, 1.82) is 0 Å². The van der Waals surface area contributed by atoms with E-state index in [0.717, 1.165) is 24.7 Å². The van der Waals surface area contributed by atoms with Crippen LogP contribution in [-0.4, -0.2) is 18.8 Å². The van der Waals surface area contributed by atoms with Gasteiger partial charge in [0.05, 0.1) is 12.2 Å². The molecule has 2 saturated carbocycles. The Morgan fingerprint density at radius 3 is 2.45 bits per heavy atom. The molecule has 3 heteroatoms. The minimum atomic E-state index is 0.137. The SMILES string of the molecule is CCOC1CC(CC(N)c2ccc(OC3CC3)cc2)C1. The molecule has 2 aliphatic carbocycles. The van der Waals surface area contributed by atoms with Crippen LogP contribution in [0.1, 0.15) is 50.6 Å². The molecule has 0 spiro atoms. The molecule has 2 aliphatic rings. The minimum absolute atomic E-state index is 0.137. The zero-order valence-corrected chi connectivity index (χ0v) is 12.3. The van der Waals surface area contributed by atoms with E-state index < -0.39 is 0 Å². The Hall–Kier alpha value is -1.06. The van der Waals surface area contributed by atoms with Crippen LogP contribution in [0.2, 0.25) is 0 Å². The number of ether oxygens (including phenoxy) is 2. The largest absolute Gasteiger partial charge is 0.490 e. The summed E-state index contributed by atoms with van der Waals surface area (Å²) in [6.07, 6.45) is 6.74. The molecule has 0 amide bonds. The van der Waals surface area contributed by atoms with E-state index in [2.05, 4.69) is 31.2 Å². The van der Waals surface area contributed by atoms with Gasteiger partial charge in [-0.1, -0.05) is 12.1 Å². The fourth-order valence-electron chi connectivity index (χ4n) is 2.91. The standard InChI is InChI=1S/C17H25NO2/c1-2-19-16-9-12(10-16)11-17(18)13-3-5-14(6-4-13)20-15-7-8-15/h3-6,12,15-17H,2,7-11,18H2,1H3. The average molecular weight is 275 g/mol. The molecule has 0 bridgehead atoms. The van der Waals surface area contributed by atoms with Crippen molar-refractivity contribution in [3.63, 3.8) is 0 Å². The summed E-state index contributed by atoms with van der Waals surface area (Å²) in [5, 5.41) is 0. The average Bonchev–Trinajstić information content (AvgIpc) is 3.21. The number of hydrogen-bond donors (Lipinski definition) is 1. The lowest BCUT2D eigenvalue weighted by Gasteiger charge is -2.36. The Morgan fingerprint density at radius 2 is 1.85 bits per heavy atom. The maximum atomic E-state index is 6.31. The van der Waals surface area contributed by atoms with Crippen LogP contribution in [0.4, 0.5) is 0 Å². The Kier molecular flexibility index (Phi) is 4.27. The summed E-state index contributed by atoms with van der Waals surface area (Å²) in [5.41, 5.74) is 7.52. The Balaban J connectivity index is 1.46. The molecule has 1 aromatic carbocycles. The zero-order chi connectivity index (χ0) is 13.9. The number of nitrogens with two attached hydrogens (primary N) is 1. The molecule has 0 heterocycles. The highest BCUT2D eigenvalue weighted by Crippen LogP contribution is 2.36. The van der Waals surface area contributed by atoms with Crippen molar-refractivity contribution >= 4 is 0 Å². The normalized spacial score (nSPS) is 26.9. The van der Waals surface area contributed by atoms with Gasteiger partial charge >= 0.3 is 0 Å². The summed E-state index contributed by atoms with van der Waals surface area (Å²) in [4.78, 5) is 0. The van der Waals surface area contributed by atoms with Gasteiger partial charge in [0, 0.05) is 12.6 Å². The van der Waals surface area contributed by atoms with Gasteiger partial charge in [-0.2, -0.15) is 0 Å². The van der Waals surface area contributed by atoms with Crippen molar-refractivity contribution < 1.29 is 9.47 Å². The Labute approximate surface area is 121 Å². The van der Waals surface area contributed by atoms with Gasteiger partial charge < -0.3 is 15.2 Å². The second-order valence-electron chi connectivity index (χ2n) is 6.14. The van der Waals surface area contributed by atoms with E-state index in [1.807, 2.05) is 0 Å². The second kappa shape index (κ2) is 6.15. The van der Waals surface area contributed by atoms with Crippen molar-refractivity contribution in [2.75, 3.05) is 6.61 Å². The molecular weight excluding hydrogens is 250 g/mol. The van der Waals surface area contributed by atoms with Gasteiger partial charge in [-0.05, 0) is 62.6 Å². The minimum Gasteiger partial charge on any atom is -0.490 e. The van der Waals surface area contributed by atoms with Crippen molar-refractivity contribution in [3.8, 4) is 5.75 Å². The molecule has 110 valence electrons. The molecular formula is C17H25NO2. The molecule has 0 aliphatic heterocycles. The number of rotatable bonds is 7. The molecule has 1 unspecified atom stereocenters. The van der Waals surface area contributed by atoms with E-state index in [0.29, 0.717) is 12.2 Å². The van der Waals surface area contributed by atoms with Crippen LogP contribution in [0, 0.1) is 5.92 Å². The van der Waals surface area contributed by atoms with Crippen LogP contribution in [0.5, 0.6) is 5.75 Å². The first-order valence-corrected chi connectivity index (χ1v) is 7.88. The Morgan fingerprint density at radius 1 is 1.15 bits per heavy atom. The first-order valence-electron chi connectivity index (χ1n) is 7.88. The fourth-order valence-corrected chi connectivity index (χ4v) is 2.91. The summed E-state index contributed by atoms with van der Waals surface area (Å²) in [6, 6.07) is 8.47. The highest BCUT2D eigenvalue weighted by Gasteiger charge is 2.31. The highest BCUT2D eigenvalue weighted by molar-refractivity contribution is 5.29. The maximum absolute atomic E-state index is 6.31. The van der Waals surface area contributed by atoms with Gasteiger partial charge in [-0.15, -0.1) is 0 Å². The molecule has 20 heavy (non-hydrogen) atoms. The summed E-state index contributed by atoms with van der Waals surface area (Å²) in [7, 11) is 0. The monoisotopic (exact) mass is 275 g/mol. The van der Waals surface area contributed by atoms with Crippen LogP contribution in [-0.2, 0) is 4.74 Å². The van der Waals surface area contributed by atoms with Crippen LogP contribution in [0.15, 0.2) is 24.3 Å². The molecule has 1 aromatic rings. The van der Waals surface area contributed by atoms with Crippen molar-refractivity contribution in [1.82, 2.24) is 0 Å². The maximum Gasteiger partial charge on any atom is 0.119 e. The lowest BCUT2D eigenvalue weighted by molar-refractivity contribution is -0.0282. The number of benzene rings is 1. The van der Waals surface area contributed by atoms with Crippen LogP contribution in [0.3, 0.4) is 0 Å². The second-order valence-corrected chi connectivity index (χ2v) is 6.14. The highest BCUT2D eigenvalue weighted by atomic mass is 16.5. The van der Waals surface area contributed by atoms with Crippen molar-refractivity contribution in [2.24, 2.45) is 11.7 Å². The first kappa shape index (κ1) is 13.9. The third-order valence-corrected chi connectivity index (χ3v) is 4.32. The molecule has 1 atom stereocenters. The molecule has 3 nitrogen and oxygen atoms in total. The van der Waals surface area contributed by atoms with Crippen molar-refractivity contribution in [2.45, 2.75) is 57.3 Å². The zero-order valence-electron chi connectivity index (χ0n) is 12.3. The van der Waals surface area contributed by atoms with Crippen LogP contribution >= 0.6 is 0 Å². The molecule has 2 N–H and O–H groups in total. The van der Waals surface area contributed by atoms with E-state index in [4.69, 9.17) is 15.2 Å². The van der Waals surface area contributed by atoms with Gasteiger partial charge in [0.25, 0.3) is 0 Å². The van der Waals surface area contributed by atoms with Gasteiger partial charge in [0.15, 0.2) is 0 Å². The van der Waals surface area contributed by atoms with Crippen LogP contribution < -0.4 is 10.5 Å². The smallest absolute Gasteiger partial charge is 0.119 e. The lowest BCUT2D eigenvalue weighted by atomic mass is 9.77. The fraction of sp³-hybridized carbons (Fsp3) is 0.647. The first-order chi connectivity index (χ1) is 9.74. The van der Waals surface area contributed by atoms with Gasteiger partial charge in [-0.25, -0.2) is 0 Å². The molecule has 3 rings (SSSR count). The topological polar surface area (TPSA) is 44.5 Å². The van der Waals surface area contributed by atoms with E-state index in [9.17, 15) is 0 Å². The molecule has 0 saturated heterocycles. The summed E-state index contributed by atoms with van der Waals surface area (Å²) >= 11 is 0. The third-order valence-electron chi connectivity index (χ3n) is 4.32. The Bertz CT molecular complexity index is 421. The summed E-state index contributed by atoms with van der Waals surface area (Å²) in [5.74, 6) is 1.70. The van der Waals surface area contributed by atoms with Gasteiger partial charge in [0.2, 0.25) is 0 Å². The summed E-state index contributed by atoms with van der Waals surface area (Å²) < 4.78 is 11.4. The van der Waals surface area contributed by atoms with Gasteiger partial charge in [-0.3, -0.25) is 0 Å². The predicted molar refractivity (Wildman–Crippen MR) is 79.8 cm³/mol. The molecule has 0 aromatic heterocycles. The number of hydrogen-bond acceptors (Lipinski definition) is 3. The van der Waals surface area contributed by atoms with E-state index in [1.54, 1.807) is 0 Å². The van der Waals surface area contributed by atoms with E-state index >= 15 is 0 Å². The van der Waals surface area contributed by atoms with E-state index in [-0.39, 0.29) is 6.04 Å². The quantitative estimate of drug-likeness (QED) is 0.829. The third kappa shape index (κ3) is 3.53. The van der Waals surface area contributed by atoms with E-state index in [1.165, 1.54) is 31.2 Å². The van der Waals surface area contributed by atoms with Crippen LogP contribution in [0.25, 0.3) is 0 Å². The predicted octanol–water partition coefficient (Wildman–Crippen LogP) is 3.43. The summed E-state index contributed by atoms with van der Waals surface area (Å²) in [6.45, 7) is 2.89. The lowest BCUT2D eigenvalue weighted by Crippen LogP contribution is -2.33. The molecule has 0 radical (unpaired) electrons. The molecule has 2 fully saturated rings. The van der Waals surface area contributed by atoms with Crippen molar-refractivity contribution in [3.05, 3.63) is 29.8 Å². The van der Waals surface area contributed by atoms with Gasteiger partial charge in [0.1, 0.15) is 5.75 Å².